The van der Waals surface area contributed by atoms with Crippen molar-refractivity contribution in [3.05, 3.63) is 71.8 Å². The van der Waals surface area contributed by atoms with Crippen LogP contribution in [0.5, 0.6) is 11.5 Å². The Bertz CT molecular complexity index is 1960. The molecule has 4 rings (SSSR count). The third kappa shape index (κ3) is 8.10. The first-order valence-electron chi connectivity index (χ1n) is 12.8. The minimum absolute atomic E-state index is 0.0214. The summed E-state index contributed by atoms with van der Waals surface area (Å²) in [6, 6.07) is 16.1. The monoisotopic (exact) mass is 627 g/mol. The molecule has 0 radical (unpaired) electrons. The number of nitrogens with zero attached hydrogens (tertiary/aromatic N) is 4. The van der Waals surface area contributed by atoms with Crippen molar-refractivity contribution >= 4 is 59.4 Å². The molecule has 4 aromatic rings. The van der Waals surface area contributed by atoms with E-state index in [9.17, 15) is 21.4 Å². The van der Waals surface area contributed by atoms with E-state index in [0.717, 1.165) is 5.56 Å². The van der Waals surface area contributed by atoms with Crippen LogP contribution >= 0.6 is 0 Å². The third-order valence-corrected chi connectivity index (χ3v) is 7.99. The van der Waals surface area contributed by atoms with E-state index in [1.165, 1.54) is 19.2 Å². The molecule has 43 heavy (non-hydrogen) atoms. The van der Waals surface area contributed by atoms with Gasteiger partial charge in [0.15, 0.2) is 0 Å². The lowest BCUT2D eigenvalue weighted by Gasteiger charge is -2.11. The van der Waals surface area contributed by atoms with Gasteiger partial charge in [0, 0.05) is 17.5 Å². The van der Waals surface area contributed by atoms with Crippen molar-refractivity contribution in [2.75, 3.05) is 25.2 Å². The summed E-state index contributed by atoms with van der Waals surface area (Å²) >= 11 is 0. The molecule has 0 aliphatic heterocycles. The van der Waals surface area contributed by atoms with E-state index in [1.807, 2.05) is 0 Å². The number of hydrogen-bond acceptors (Lipinski definition) is 11. The number of methoxy groups -OCH3 is 1. The Morgan fingerprint density at radius 1 is 0.791 bits per heavy atom. The Balaban J connectivity index is 1.58. The fraction of sp³-hybridized carbons (Fsp3) is 0.214. The Morgan fingerprint density at radius 3 is 2.12 bits per heavy atom. The summed E-state index contributed by atoms with van der Waals surface area (Å²) in [5, 5.41) is 18.1. The van der Waals surface area contributed by atoms with Crippen molar-refractivity contribution in [1.82, 2.24) is 0 Å². The van der Waals surface area contributed by atoms with Gasteiger partial charge in [-0.05, 0) is 67.1 Å². The van der Waals surface area contributed by atoms with Crippen LogP contribution in [0.25, 0.3) is 10.8 Å². The van der Waals surface area contributed by atoms with E-state index in [4.69, 9.17) is 19.8 Å². The second-order valence-electron chi connectivity index (χ2n) is 9.51. The van der Waals surface area contributed by atoms with Gasteiger partial charge in [0.1, 0.15) is 22.1 Å². The summed E-state index contributed by atoms with van der Waals surface area (Å²) in [4.78, 5) is -0.221. The molecule has 0 heterocycles. The molecule has 0 spiro atoms. The molecule has 13 nitrogen and oxygen atoms in total. The topological polar surface area (TPSA) is 203 Å². The highest BCUT2D eigenvalue weighted by Gasteiger charge is 2.14. The maximum absolute atomic E-state index is 11.8. The fourth-order valence-corrected chi connectivity index (χ4v) is 5.29. The van der Waals surface area contributed by atoms with Gasteiger partial charge >= 0.3 is 0 Å². The van der Waals surface area contributed by atoms with Crippen molar-refractivity contribution in [2.24, 2.45) is 20.5 Å². The fourth-order valence-electron chi connectivity index (χ4n) is 4.11. The number of ether oxygens (including phenoxy) is 2. The van der Waals surface area contributed by atoms with Crippen LogP contribution in [0.1, 0.15) is 17.5 Å². The first-order valence-corrected chi connectivity index (χ1v) is 15.8. The van der Waals surface area contributed by atoms with Crippen LogP contribution in [0.4, 0.5) is 28.4 Å². The molecule has 4 N–H and O–H groups in total. The van der Waals surface area contributed by atoms with Gasteiger partial charge in [-0.25, -0.2) is 0 Å². The number of aryl methyl sites for hydroxylation is 2. The van der Waals surface area contributed by atoms with Crippen molar-refractivity contribution in [2.45, 2.75) is 25.2 Å². The van der Waals surface area contributed by atoms with Gasteiger partial charge in [0.05, 0.1) is 42.2 Å². The van der Waals surface area contributed by atoms with Crippen LogP contribution in [0, 0.1) is 13.8 Å². The second-order valence-corrected chi connectivity index (χ2v) is 12.5. The molecule has 0 saturated carbocycles. The predicted molar refractivity (Wildman–Crippen MR) is 162 cm³/mol. The number of anilines is 1. The number of nitrogen functional groups attached to an aromatic ring is 1. The summed E-state index contributed by atoms with van der Waals surface area (Å²) in [6.07, 6.45) is 0.0790. The zero-order chi connectivity index (χ0) is 31.4. The molecular weight excluding hydrogens is 598 g/mol. The molecule has 0 fully saturated rings. The van der Waals surface area contributed by atoms with Crippen molar-refractivity contribution in [3.8, 4) is 11.5 Å². The van der Waals surface area contributed by atoms with Gasteiger partial charge in [-0.1, -0.05) is 18.2 Å². The van der Waals surface area contributed by atoms with Crippen LogP contribution in [0.3, 0.4) is 0 Å². The van der Waals surface area contributed by atoms with Gasteiger partial charge in [-0.3, -0.25) is 9.11 Å². The number of fused-ring (bicyclic) bond motifs is 1. The van der Waals surface area contributed by atoms with E-state index < -0.39 is 26.0 Å². The number of benzene rings is 4. The molecular formula is C28H29N5O8S2. The lowest BCUT2D eigenvalue weighted by Crippen LogP contribution is -2.09. The highest BCUT2D eigenvalue weighted by Crippen LogP contribution is 2.38. The van der Waals surface area contributed by atoms with Crippen LogP contribution in [0.2, 0.25) is 0 Å². The predicted octanol–water partition coefficient (Wildman–Crippen LogP) is 6.78. The summed E-state index contributed by atoms with van der Waals surface area (Å²) < 4.78 is 74.9. The minimum Gasteiger partial charge on any atom is -0.494 e. The molecule has 226 valence electrons. The van der Waals surface area contributed by atoms with E-state index in [2.05, 4.69) is 20.5 Å². The molecule has 0 amide bonds. The Hall–Kier alpha value is -4.44. The van der Waals surface area contributed by atoms with E-state index in [-0.39, 0.29) is 17.9 Å². The number of nitrogens with two attached hydrogens (primary N) is 1. The first kappa shape index (κ1) is 31.5. The molecule has 0 aromatic heterocycles. The van der Waals surface area contributed by atoms with Gasteiger partial charge in [-0.2, -0.15) is 32.2 Å². The van der Waals surface area contributed by atoms with Crippen molar-refractivity contribution in [1.29, 1.82) is 0 Å². The van der Waals surface area contributed by atoms with Crippen molar-refractivity contribution < 1.29 is 35.4 Å². The molecule has 0 aliphatic carbocycles. The van der Waals surface area contributed by atoms with Gasteiger partial charge < -0.3 is 15.2 Å². The number of rotatable bonds is 11. The Kier molecular flexibility index (Phi) is 9.40. The molecule has 0 aliphatic rings. The summed E-state index contributed by atoms with van der Waals surface area (Å²) in [7, 11) is -7.04. The zero-order valence-corrected chi connectivity index (χ0v) is 25.1. The highest BCUT2D eigenvalue weighted by molar-refractivity contribution is 7.86. The SMILES string of the molecule is COc1cc(N=Nc2ccc3cccc(S(=O)(=O)O)c3c2)c(C)cc1N=Nc1cc(OCCCS(=O)(=O)O)c(N)cc1C. The Labute approximate surface area is 248 Å². The minimum atomic E-state index is -4.43. The van der Waals surface area contributed by atoms with E-state index >= 15 is 0 Å². The van der Waals surface area contributed by atoms with Crippen LogP contribution in [-0.4, -0.2) is 45.4 Å². The van der Waals surface area contributed by atoms with Crippen LogP contribution in [-0.2, 0) is 20.2 Å². The van der Waals surface area contributed by atoms with Crippen molar-refractivity contribution in [3.63, 3.8) is 0 Å². The third-order valence-electron chi connectivity index (χ3n) is 6.27. The van der Waals surface area contributed by atoms with Crippen LogP contribution in [0.15, 0.2) is 86.0 Å². The maximum Gasteiger partial charge on any atom is 0.295 e. The lowest BCUT2D eigenvalue weighted by atomic mass is 10.1. The van der Waals surface area contributed by atoms with Gasteiger partial charge in [0.2, 0.25) is 0 Å². The van der Waals surface area contributed by atoms with Gasteiger partial charge in [0.25, 0.3) is 20.2 Å². The number of azo groups is 2. The largest absolute Gasteiger partial charge is 0.494 e. The Morgan fingerprint density at radius 2 is 1.44 bits per heavy atom. The average molecular weight is 628 g/mol. The molecule has 15 heteroatoms. The van der Waals surface area contributed by atoms with Crippen LogP contribution < -0.4 is 15.2 Å². The lowest BCUT2D eigenvalue weighted by molar-refractivity contribution is 0.318. The normalized spacial score (nSPS) is 12.4. The second kappa shape index (κ2) is 12.8. The van der Waals surface area contributed by atoms with E-state index in [1.54, 1.807) is 62.4 Å². The number of hydrogen-bond donors (Lipinski definition) is 3. The smallest absolute Gasteiger partial charge is 0.295 e. The van der Waals surface area contributed by atoms with E-state index in [0.29, 0.717) is 56.3 Å². The molecule has 4 aromatic carbocycles. The molecule has 0 atom stereocenters. The summed E-state index contributed by atoms with van der Waals surface area (Å²) in [5.41, 5.74) is 9.52. The summed E-state index contributed by atoms with van der Waals surface area (Å²) in [6.45, 7) is 3.62. The highest BCUT2D eigenvalue weighted by atomic mass is 32.2. The average Bonchev–Trinajstić information content (AvgIpc) is 2.93. The first-order chi connectivity index (χ1) is 20.2. The quantitative estimate of drug-likeness (QED) is 0.0693. The molecule has 0 saturated heterocycles. The van der Waals surface area contributed by atoms with Gasteiger partial charge in [-0.15, -0.1) is 5.11 Å². The molecule has 0 bridgehead atoms. The zero-order valence-electron chi connectivity index (χ0n) is 23.4. The maximum atomic E-state index is 11.8. The standard InChI is InChI=1S/C28H29N5O8S2/c1-17-12-22(29)26(41-10-5-11-42(34,35)36)15-23(17)32-33-25-13-18(2)24(16-27(25)40-3)31-30-20-9-8-19-6-4-7-28(21(19)14-20)43(37,38)39/h4,6-9,12-16H,5,10-11,29H2,1-3H3,(H,34,35,36)(H,37,38,39). The summed E-state index contributed by atoms with van der Waals surface area (Å²) in [5.74, 6) is 0.230. The molecule has 0 unspecified atom stereocenters.